The summed E-state index contributed by atoms with van der Waals surface area (Å²) in [6.45, 7) is 9.03. The smallest absolute Gasteiger partial charge is 0.0546 e. The molecule has 0 radical (unpaired) electrons. The zero-order valence-corrected chi connectivity index (χ0v) is 34.7. The molecule has 0 unspecified atom stereocenters. The Labute approximate surface area is 354 Å². The van der Waals surface area contributed by atoms with Crippen LogP contribution < -0.4 is 9.80 Å². The predicted molar refractivity (Wildman–Crippen MR) is 259 cm³/mol. The normalized spacial score (nSPS) is 11.6. The van der Waals surface area contributed by atoms with Crippen molar-refractivity contribution in [2.24, 2.45) is 0 Å². The lowest BCUT2D eigenvalue weighted by Crippen LogP contribution is -2.12. The van der Waals surface area contributed by atoms with Crippen LogP contribution in [-0.2, 0) is 0 Å². The number of rotatable bonds is 10. The van der Waals surface area contributed by atoms with Gasteiger partial charge in [0.1, 0.15) is 0 Å². The molecular formula is C58H48N2. The molecule has 0 fully saturated rings. The van der Waals surface area contributed by atoms with Crippen molar-refractivity contribution in [1.82, 2.24) is 0 Å². The van der Waals surface area contributed by atoms with Crippen LogP contribution in [0.2, 0.25) is 0 Å². The number of anilines is 6. The first-order chi connectivity index (χ1) is 29.4. The van der Waals surface area contributed by atoms with Gasteiger partial charge in [0.25, 0.3) is 0 Å². The molecular weight excluding hydrogens is 725 g/mol. The monoisotopic (exact) mass is 772 g/mol. The van der Waals surface area contributed by atoms with E-state index in [1.165, 1.54) is 65.7 Å². The second-order valence-electron chi connectivity index (χ2n) is 16.6. The molecule has 0 saturated carbocycles. The highest BCUT2D eigenvalue weighted by atomic mass is 15.1. The lowest BCUT2D eigenvalue weighted by atomic mass is 9.87. The molecule has 0 aliphatic rings. The summed E-state index contributed by atoms with van der Waals surface area (Å²) in [6.07, 6.45) is 0. The number of hydrogen-bond acceptors (Lipinski definition) is 2. The van der Waals surface area contributed by atoms with Crippen LogP contribution in [-0.4, -0.2) is 0 Å². The van der Waals surface area contributed by atoms with Crippen molar-refractivity contribution in [3.8, 4) is 22.3 Å². The molecule has 60 heavy (non-hydrogen) atoms. The van der Waals surface area contributed by atoms with Crippen molar-refractivity contribution in [2.45, 2.75) is 39.5 Å². The summed E-state index contributed by atoms with van der Waals surface area (Å²) in [5.41, 5.74) is 14.3. The van der Waals surface area contributed by atoms with Crippen LogP contribution in [0.15, 0.2) is 206 Å². The van der Waals surface area contributed by atoms with Gasteiger partial charge in [-0.2, -0.15) is 0 Å². The number of nitrogens with zero attached hydrogens (tertiary/aromatic N) is 2. The Morgan fingerprint density at radius 3 is 1.40 bits per heavy atom. The summed E-state index contributed by atoms with van der Waals surface area (Å²) in [7, 11) is 0. The summed E-state index contributed by atoms with van der Waals surface area (Å²) in [5.74, 6) is 0.895. The Bertz CT molecular complexity index is 3060. The fourth-order valence-electron chi connectivity index (χ4n) is 9.00. The summed E-state index contributed by atoms with van der Waals surface area (Å²) in [5, 5.41) is 7.45. The molecule has 0 heterocycles. The van der Waals surface area contributed by atoms with Crippen LogP contribution in [0, 0.1) is 0 Å². The van der Waals surface area contributed by atoms with E-state index in [0.717, 1.165) is 34.1 Å². The molecule has 10 aromatic rings. The molecule has 0 aromatic heterocycles. The zero-order chi connectivity index (χ0) is 40.7. The summed E-state index contributed by atoms with van der Waals surface area (Å²) >= 11 is 0. The van der Waals surface area contributed by atoms with Crippen LogP contribution >= 0.6 is 0 Å². The highest BCUT2D eigenvalue weighted by Gasteiger charge is 2.24. The number of hydrogen-bond donors (Lipinski definition) is 0. The highest BCUT2D eigenvalue weighted by Crippen LogP contribution is 2.50. The van der Waals surface area contributed by atoms with Crippen LogP contribution in [0.4, 0.5) is 34.1 Å². The molecule has 0 saturated heterocycles. The van der Waals surface area contributed by atoms with Crippen molar-refractivity contribution in [1.29, 1.82) is 0 Å². The molecule has 0 atom stereocenters. The second-order valence-corrected chi connectivity index (χ2v) is 16.6. The van der Waals surface area contributed by atoms with E-state index in [-0.39, 0.29) is 0 Å². The highest BCUT2D eigenvalue weighted by molar-refractivity contribution is 6.30. The Hall–Kier alpha value is -7.16. The summed E-state index contributed by atoms with van der Waals surface area (Å²) in [6, 6.07) is 76.1. The van der Waals surface area contributed by atoms with Gasteiger partial charge in [0.15, 0.2) is 0 Å². The SMILES string of the molecule is CC(C)c1ccc(N(c2cccc(-c3ccccc3)c2)c2ccc3ccc4c(N(c5ccccc5)c5ccc(C(C)C)cc5)cc(-c5ccccc5)c5ccc2c3c54)cc1. The topological polar surface area (TPSA) is 6.48 Å². The maximum Gasteiger partial charge on any atom is 0.0546 e. The lowest BCUT2D eigenvalue weighted by molar-refractivity contribution is 0.866. The lowest BCUT2D eigenvalue weighted by Gasteiger charge is -2.30. The Morgan fingerprint density at radius 1 is 0.317 bits per heavy atom. The minimum absolute atomic E-state index is 0.444. The van der Waals surface area contributed by atoms with Gasteiger partial charge in [0.2, 0.25) is 0 Å². The Balaban J connectivity index is 1.27. The van der Waals surface area contributed by atoms with E-state index < -0.39 is 0 Å². The molecule has 290 valence electrons. The zero-order valence-electron chi connectivity index (χ0n) is 34.7. The van der Waals surface area contributed by atoms with E-state index in [1.54, 1.807) is 0 Å². The van der Waals surface area contributed by atoms with Crippen molar-refractivity contribution in [3.63, 3.8) is 0 Å². The fraction of sp³-hybridized carbons (Fsp3) is 0.103. The summed E-state index contributed by atoms with van der Waals surface area (Å²) < 4.78 is 0. The van der Waals surface area contributed by atoms with E-state index in [4.69, 9.17) is 0 Å². The maximum atomic E-state index is 2.45. The molecule has 0 N–H and O–H groups in total. The minimum atomic E-state index is 0.444. The van der Waals surface area contributed by atoms with Gasteiger partial charge in [0.05, 0.1) is 11.4 Å². The third-order valence-corrected chi connectivity index (χ3v) is 12.2. The van der Waals surface area contributed by atoms with E-state index in [0.29, 0.717) is 11.8 Å². The van der Waals surface area contributed by atoms with E-state index >= 15 is 0 Å². The molecule has 2 heteroatoms. The van der Waals surface area contributed by atoms with Crippen LogP contribution in [0.1, 0.15) is 50.7 Å². The van der Waals surface area contributed by atoms with Gasteiger partial charge in [0, 0.05) is 38.9 Å². The standard InChI is InChI=1S/C58H48N2/c1-39(2)41-23-29-48(30-24-41)59(47-20-12-7-13-21-47)56-38-54(44-17-10-6-11-18-44)51-34-35-52-55(36-28-45-27-33-53(56)58(51)57(45)52)60(49-31-25-42(26-32-49)40(3)4)50-22-14-19-46(37-50)43-15-8-5-9-16-43/h5-40H,1-4H3. The van der Waals surface area contributed by atoms with Crippen LogP contribution in [0.3, 0.4) is 0 Å². The first-order valence-electron chi connectivity index (χ1n) is 21.2. The first-order valence-corrected chi connectivity index (χ1v) is 21.2. The van der Waals surface area contributed by atoms with Gasteiger partial charge < -0.3 is 9.80 Å². The van der Waals surface area contributed by atoms with E-state index in [9.17, 15) is 0 Å². The van der Waals surface area contributed by atoms with E-state index in [1.807, 2.05) is 0 Å². The molecule has 0 amide bonds. The van der Waals surface area contributed by atoms with Gasteiger partial charge in [-0.3, -0.25) is 0 Å². The van der Waals surface area contributed by atoms with Gasteiger partial charge in [-0.05, 0) is 122 Å². The average molecular weight is 773 g/mol. The average Bonchev–Trinajstić information content (AvgIpc) is 3.30. The summed E-state index contributed by atoms with van der Waals surface area (Å²) in [4.78, 5) is 4.90. The van der Waals surface area contributed by atoms with Crippen LogP contribution in [0.5, 0.6) is 0 Å². The van der Waals surface area contributed by atoms with E-state index in [2.05, 4.69) is 244 Å². The predicted octanol–water partition coefficient (Wildman–Crippen LogP) is 17.1. The van der Waals surface area contributed by atoms with Gasteiger partial charge >= 0.3 is 0 Å². The third kappa shape index (κ3) is 6.65. The first kappa shape index (κ1) is 37.1. The minimum Gasteiger partial charge on any atom is -0.310 e. The Kier molecular flexibility index (Phi) is 9.62. The largest absolute Gasteiger partial charge is 0.310 e. The van der Waals surface area contributed by atoms with Crippen molar-refractivity contribution in [3.05, 3.63) is 217 Å². The van der Waals surface area contributed by atoms with Gasteiger partial charge in [-0.25, -0.2) is 0 Å². The molecule has 0 aliphatic heterocycles. The molecule has 0 bridgehead atoms. The fourth-order valence-corrected chi connectivity index (χ4v) is 9.00. The quantitative estimate of drug-likeness (QED) is 0.128. The third-order valence-electron chi connectivity index (χ3n) is 12.2. The van der Waals surface area contributed by atoms with Crippen molar-refractivity contribution < 1.29 is 0 Å². The van der Waals surface area contributed by atoms with Gasteiger partial charge in [-0.15, -0.1) is 0 Å². The molecule has 10 aromatic carbocycles. The second kappa shape index (κ2) is 15.5. The van der Waals surface area contributed by atoms with Gasteiger partial charge in [-0.1, -0.05) is 173 Å². The maximum absolute atomic E-state index is 2.45. The Morgan fingerprint density at radius 2 is 0.783 bits per heavy atom. The number of benzene rings is 10. The molecule has 2 nitrogen and oxygen atoms in total. The van der Waals surface area contributed by atoms with Crippen molar-refractivity contribution in [2.75, 3.05) is 9.80 Å². The molecule has 10 rings (SSSR count). The van der Waals surface area contributed by atoms with Crippen molar-refractivity contribution >= 4 is 66.4 Å². The molecule has 0 spiro atoms. The van der Waals surface area contributed by atoms with Crippen LogP contribution in [0.25, 0.3) is 54.6 Å². The number of para-hydroxylation sites is 1. The molecule has 0 aliphatic carbocycles.